The van der Waals surface area contributed by atoms with E-state index in [1.54, 1.807) is 25.6 Å². The fourth-order valence-electron chi connectivity index (χ4n) is 2.58. The van der Waals surface area contributed by atoms with Gasteiger partial charge in [-0.25, -0.2) is 0 Å². The van der Waals surface area contributed by atoms with Crippen LogP contribution in [0, 0.1) is 0 Å². The van der Waals surface area contributed by atoms with Crippen LogP contribution in [0.4, 0.5) is 0 Å². The molecule has 5 heteroatoms. The monoisotopic (exact) mass is 369 g/mol. The lowest BCUT2D eigenvalue weighted by atomic mass is 10.2. The van der Waals surface area contributed by atoms with E-state index in [0.717, 1.165) is 35.9 Å². The Morgan fingerprint density at radius 2 is 1.62 bits per heavy atom. The topological polar surface area (TPSA) is 39.7 Å². The minimum atomic E-state index is 0.559. The van der Waals surface area contributed by atoms with Crippen molar-refractivity contribution in [2.24, 2.45) is 0 Å². The molecule has 0 radical (unpaired) electrons. The Kier molecular flexibility index (Phi) is 6.52. The van der Waals surface area contributed by atoms with Gasteiger partial charge >= 0.3 is 0 Å². The smallest absolute Gasteiger partial charge is 0.161 e. The van der Waals surface area contributed by atoms with Crippen LogP contribution in [0.5, 0.6) is 17.2 Å². The molecule has 0 amide bonds. The van der Waals surface area contributed by atoms with Crippen molar-refractivity contribution >= 4 is 11.3 Å². The van der Waals surface area contributed by atoms with Crippen LogP contribution in [-0.2, 0) is 19.7 Å². The van der Waals surface area contributed by atoms with E-state index in [1.165, 1.54) is 10.4 Å². The Bertz CT molecular complexity index is 801. The van der Waals surface area contributed by atoms with Gasteiger partial charge < -0.3 is 19.5 Å². The van der Waals surface area contributed by atoms with Crippen LogP contribution in [0.1, 0.15) is 16.0 Å². The zero-order chi connectivity index (χ0) is 18.2. The number of hydrogen-bond acceptors (Lipinski definition) is 5. The van der Waals surface area contributed by atoms with Gasteiger partial charge in [0.05, 0.1) is 14.2 Å². The van der Waals surface area contributed by atoms with Crippen molar-refractivity contribution < 1.29 is 14.2 Å². The van der Waals surface area contributed by atoms with Gasteiger partial charge in [-0.2, -0.15) is 0 Å². The summed E-state index contributed by atoms with van der Waals surface area (Å²) >= 11 is 1.69. The summed E-state index contributed by atoms with van der Waals surface area (Å²) in [6.45, 7) is 2.11. The molecule has 0 fully saturated rings. The number of methoxy groups -OCH3 is 2. The summed E-state index contributed by atoms with van der Waals surface area (Å²) in [6, 6.07) is 18.2. The quantitative estimate of drug-likeness (QED) is 0.597. The zero-order valence-electron chi connectivity index (χ0n) is 15.0. The van der Waals surface area contributed by atoms with Crippen LogP contribution in [0.25, 0.3) is 0 Å². The molecule has 0 aliphatic rings. The van der Waals surface area contributed by atoms with Gasteiger partial charge in [0.25, 0.3) is 0 Å². The van der Waals surface area contributed by atoms with Gasteiger partial charge in [0.15, 0.2) is 11.5 Å². The maximum Gasteiger partial charge on any atom is 0.161 e. The third kappa shape index (κ3) is 5.00. The second kappa shape index (κ2) is 9.27. The standard InChI is InChI=1S/C21H23NO3S/c1-23-18-8-5-16(6-9-18)13-22-14-17-7-10-20(21(12-17)24-2)25-15-19-4-3-11-26-19/h3-12,22H,13-15H2,1-2H3. The first kappa shape index (κ1) is 18.3. The number of benzene rings is 2. The normalized spacial score (nSPS) is 10.5. The SMILES string of the molecule is COc1ccc(CNCc2ccc(OCc3cccs3)c(OC)c2)cc1. The number of hydrogen-bond donors (Lipinski definition) is 1. The molecule has 1 heterocycles. The van der Waals surface area contributed by atoms with E-state index in [9.17, 15) is 0 Å². The van der Waals surface area contributed by atoms with Gasteiger partial charge in [-0.1, -0.05) is 24.3 Å². The fourth-order valence-corrected chi connectivity index (χ4v) is 3.20. The van der Waals surface area contributed by atoms with Gasteiger partial charge in [0.1, 0.15) is 12.4 Å². The molecule has 0 saturated heterocycles. The molecular weight excluding hydrogens is 346 g/mol. The van der Waals surface area contributed by atoms with Crippen LogP contribution < -0.4 is 19.5 Å². The molecule has 2 aromatic carbocycles. The van der Waals surface area contributed by atoms with Crippen molar-refractivity contribution in [3.05, 3.63) is 76.0 Å². The van der Waals surface area contributed by atoms with Gasteiger partial charge in [-0.3, -0.25) is 0 Å². The molecule has 4 nitrogen and oxygen atoms in total. The molecule has 26 heavy (non-hydrogen) atoms. The second-order valence-electron chi connectivity index (χ2n) is 5.80. The summed E-state index contributed by atoms with van der Waals surface area (Å²) in [4.78, 5) is 1.19. The predicted molar refractivity (Wildman–Crippen MR) is 105 cm³/mol. The van der Waals surface area contributed by atoms with Gasteiger partial charge in [-0.15, -0.1) is 11.3 Å². The molecule has 0 saturated carbocycles. The summed E-state index contributed by atoms with van der Waals surface area (Å²) in [5.41, 5.74) is 2.37. The molecule has 3 rings (SSSR count). The molecule has 0 unspecified atom stereocenters. The number of thiophene rings is 1. The summed E-state index contributed by atoms with van der Waals surface area (Å²) in [5.74, 6) is 2.39. The second-order valence-corrected chi connectivity index (χ2v) is 6.84. The maximum atomic E-state index is 5.88. The molecule has 136 valence electrons. The van der Waals surface area contributed by atoms with E-state index in [1.807, 2.05) is 35.7 Å². The minimum absolute atomic E-state index is 0.559. The maximum absolute atomic E-state index is 5.88. The number of rotatable bonds is 9. The van der Waals surface area contributed by atoms with E-state index in [2.05, 4.69) is 29.6 Å². The van der Waals surface area contributed by atoms with Crippen molar-refractivity contribution in [3.8, 4) is 17.2 Å². The lowest BCUT2D eigenvalue weighted by molar-refractivity contribution is 0.287. The Labute approximate surface area is 158 Å². The highest BCUT2D eigenvalue weighted by Crippen LogP contribution is 2.29. The number of ether oxygens (including phenoxy) is 3. The Morgan fingerprint density at radius 3 is 2.31 bits per heavy atom. The van der Waals surface area contributed by atoms with Gasteiger partial charge in [0, 0.05) is 18.0 Å². The van der Waals surface area contributed by atoms with Crippen LogP contribution in [0.15, 0.2) is 60.0 Å². The number of nitrogens with one attached hydrogen (secondary N) is 1. The highest BCUT2D eigenvalue weighted by Gasteiger charge is 2.07. The zero-order valence-corrected chi connectivity index (χ0v) is 15.8. The van der Waals surface area contributed by atoms with Crippen LogP contribution in [0.3, 0.4) is 0 Å². The highest BCUT2D eigenvalue weighted by atomic mass is 32.1. The molecule has 0 aliphatic carbocycles. The fraction of sp³-hybridized carbons (Fsp3) is 0.238. The summed E-state index contributed by atoms with van der Waals surface area (Å²) < 4.78 is 16.5. The third-order valence-electron chi connectivity index (χ3n) is 4.00. The van der Waals surface area contributed by atoms with Crippen molar-refractivity contribution in [1.82, 2.24) is 5.32 Å². The Hall–Kier alpha value is -2.50. The van der Waals surface area contributed by atoms with Crippen LogP contribution in [-0.4, -0.2) is 14.2 Å². The van der Waals surface area contributed by atoms with Gasteiger partial charge in [0.2, 0.25) is 0 Å². The van der Waals surface area contributed by atoms with Crippen molar-refractivity contribution in [1.29, 1.82) is 0 Å². The lowest BCUT2D eigenvalue weighted by Gasteiger charge is -2.12. The summed E-state index contributed by atoms with van der Waals surface area (Å²) in [6.07, 6.45) is 0. The third-order valence-corrected chi connectivity index (χ3v) is 4.85. The van der Waals surface area contributed by atoms with Crippen molar-refractivity contribution in [3.63, 3.8) is 0 Å². The molecule has 3 aromatic rings. The molecule has 0 bridgehead atoms. The highest BCUT2D eigenvalue weighted by molar-refractivity contribution is 7.09. The molecule has 0 aliphatic heterocycles. The first-order chi connectivity index (χ1) is 12.8. The Morgan fingerprint density at radius 1 is 0.846 bits per heavy atom. The predicted octanol–water partition coefficient (Wildman–Crippen LogP) is 4.63. The van der Waals surface area contributed by atoms with Crippen LogP contribution >= 0.6 is 11.3 Å². The average molecular weight is 369 g/mol. The van der Waals surface area contributed by atoms with E-state index in [4.69, 9.17) is 14.2 Å². The van der Waals surface area contributed by atoms with Crippen LogP contribution in [0.2, 0.25) is 0 Å². The Balaban J connectivity index is 1.54. The molecule has 1 N–H and O–H groups in total. The summed E-state index contributed by atoms with van der Waals surface area (Å²) in [5, 5.41) is 5.49. The van der Waals surface area contributed by atoms with E-state index in [-0.39, 0.29) is 0 Å². The first-order valence-electron chi connectivity index (χ1n) is 8.44. The lowest BCUT2D eigenvalue weighted by Crippen LogP contribution is -2.12. The first-order valence-corrected chi connectivity index (χ1v) is 9.32. The largest absolute Gasteiger partial charge is 0.497 e. The minimum Gasteiger partial charge on any atom is -0.497 e. The average Bonchev–Trinajstić information content (AvgIpc) is 3.21. The van der Waals surface area contributed by atoms with Crippen molar-refractivity contribution in [2.45, 2.75) is 19.7 Å². The van der Waals surface area contributed by atoms with Crippen molar-refractivity contribution in [2.75, 3.05) is 14.2 Å². The molecule has 0 atom stereocenters. The van der Waals surface area contributed by atoms with E-state index < -0.39 is 0 Å². The molecule has 1 aromatic heterocycles. The summed E-state index contributed by atoms with van der Waals surface area (Å²) in [7, 11) is 3.34. The molecular formula is C21H23NO3S. The molecule has 0 spiro atoms. The van der Waals surface area contributed by atoms with Gasteiger partial charge in [-0.05, 0) is 46.8 Å². The van der Waals surface area contributed by atoms with E-state index >= 15 is 0 Å². The van der Waals surface area contributed by atoms with E-state index in [0.29, 0.717) is 6.61 Å².